The Kier molecular flexibility index (Phi) is 6.86. The number of pyridine rings is 1. The third-order valence-electron chi connectivity index (χ3n) is 6.03. The number of alkyl halides is 3. The lowest BCUT2D eigenvalue weighted by Gasteiger charge is -2.36. The van der Waals surface area contributed by atoms with Crippen LogP contribution in [0, 0.1) is 23.3 Å². The number of benzene rings is 1. The number of rotatable bonds is 6. The zero-order valence-corrected chi connectivity index (χ0v) is 20.6. The van der Waals surface area contributed by atoms with Gasteiger partial charge in [-0.15, -0.1) is 10.2 Å². The summed E-state index contributed by atoms with van der Waals surface area (Å²) in [5, 5.41) is 19.0. The summed E-state index contributed by atoms with van der Waals surface area (Å²) in [7, 11) is -3.18. The largest absolute Gasteiger partial charge is 0.435 e. The van der Waals surface area contributed by atoms with Gasteiger partial charge in [-0.05, 0) is 49.9 Å². The first-order valence-electron chi connectivity index (χ1n) is 11.0. The highest BCUT2D eigenvalue weighted by atomic mass is 32.2. The summed E-state index contributed by atoms with van der Waals surface area (Å²) < 4.78 is 94.9. The topological polar surface area (TPSA) is 138 Å². The molecule has 38 heavy (non-hydrogen) atoms. The molecule has 1 aliphatic carbocycles. The van der Waals surface area contributed by atoms with Crippen LogP contribution in [0.2, 0.25) is 0 Å². The number of nitrogens with zero attached hydrogens (tertiary/aromatic N) is 3. The molecule has 0 aliphatic heterocycles. The second-order valence-corrected chi connectivity index (χ2v) is 10.9. The summed E-state index contributed by atoms with van der Waals surface area (Å²) in [6.45, 7) is 0.915. The van der Waals surface area contributed by atoms with E-state index in [1.807, 2.05) is 0 Å². The molecule has 1 aromatic carbocycles. The molecule has 3 N–H and O–H groups in total. The summed E-state index contributed by atoms with van der Waals surface area (Å²) in [6, 6.07) is 5.27. The zero-order chi connectivity index (χ0) is 28.0. The first-order chi connectivity index (χ1) is 17.6. The third kappa shape index (κ3) is 5.15. The number of carbonyl (C=O) groups is 1. The van der Waals surface area contributed by atoms with E-state index < -0.39 is 73.2 Å². The molecule has 202 valence electrons. The van der Waals surface area contributed by atoms with Gasteiger partial charge in [-0.2, -0.15) is 17.6 Å². The molecule has 4 rings (SSSR count). The lowest BCUT2D eigenvalue weighted by molar-refractivity contribution is -0.142. The molecule has 0 saturated heterocycles. The predicted molar refractivity (Wildman–Crippen MR) is 123 cm³/mol. The highest BCUT2D eigenvalue weighted by Crippen LogP contribution is 2.43. The van der Waals surface area contributed by atoms with Crippen LogP contribution in [0.4, 0.5) is 27.6 Å². The molecule has 0 radical (unpaired) electrons. The van der Waals surface area contributed by atoms with Crippen LogP contribution in [-0.4, -0.2) is 36.7 Å². The minimum Gasteiger partial charge on any atom is -0.415 e. The monoisotopic (exact) mass is 557 g/mol. The van der Waals surface area contributed by atoms with Crippen LogP contribution < -0.4 is 10.1 Å². The normalized spacial score (nSPS) is 16.3. The Balaban J connectivity index is 1.76. The molecule has 1 fully saturated rings. The highest BCUT2D eigenvalue weighted by molar-refractivity contribution is 7.91. The summed E-state index contributed by atoms with van der Waals surface area (Å²) in [4.78, 5) is 16.8. The molecule has 1 atom stereocenters. The molecular weight excluding hydrogens is 537 g/mol. The van der Waals surface area contributed by atoms with Crippen molar-refractivity contribution in [1.82, 2.24) is 15.2 Å². The fraction of sp³-hybridized carbons (Fsp3) is 0.304. The summed E-state index contributed by atoms with van der Waals surface area (Å²) >= 11 is 0. The number of aliphatic hydroxyl groups is 1. The van der Waals surface area contributed by atoms with E-state index in [0.717, 1.165) is 19.4 Å². The molecule has 0 spiro atoms. The molecule has 0 bridgehead atoms. The number of carbonyl (C=O) groups excluding carboxylic acids is 1. The second-order valence-electron chi connectivity index (χ2n) is 8.77. The van der Waals surface area contributed by atoms with Crippen molar-refractivity contribution in [2.75, 3.05) is 11.6 Å². The van der Waals surface area contributed by atoms with Crippen LogP contribution in [-0.2, 0) is 21.5 Å². The van der Waals surface area contributed by atoms with Gasteiger partial charge in [0.25, 0.3) is 17.7 Å². The number of amides is 1. The highest BCUT2D eigenvalue weighted by Gasteiger charge is 2.41. The first kappa shape index (κ1) is 27.3. The average Bonchev–Trinajstić information content (AvgIpc) is 2.79. The van der Waals surface area contributed by atoms with Crippen molar-refractivity contribution in [2.24, 2.45) is 0 Å². The van der Waals surface area contributed by atoms with Gasteiger partial charge in [0.2, 0.25) is 5.82 Å². The van der Waals surface area contributed by atoms with Gasteiger partial charge in [-0.25, -0.2) is 18.4 Å². The molecule has 3 aromatic rings. The van der Waals surface area contributed by atoms with Gasteiger partial charge in [-0.3, -0.25) is 4.79 Å². The van der Waals surface area contributed by atoms with Crippen LogP contribution in [0.3, 0.4) is 0 Å². The Morgan fingerprint density at radius 3 is 2.45 bits per heavy atom. The van der Waals surface area contributed by atoms with E-state index in [1.165, 1.54) is 24.3 Å². The summed E-state index contributed by atoms with van der Waals surface area (Å²) in [5.74, 6) is -6.24. The van der Waals surface area contributed by atoms with Crippen molar-refractivity contribution in [3.05, 3.63) is 64.5 Å². The fourth-order valence-electron chi connectivity index (χ4n) is 3.83. The van der Waals surface area contributed by atoms with E-state index in [2.05, 4.69) is 20.5 Å². The van der Waals surface area contributed by atoms with E-state index in [0.29, 0.717) is 6.42 Å². The van der Waals surface area contributed by atoms with Crippen LogP contribution in [0.5, 0.6) is 11.8 Å². The molecule has 9 nitrogen and oxygen atoms in total. The zero-order valence-electron chi connectivity index (χ0n) is 19.8. The van der Waals surface area contributed by atoms with Crippen LogP contribution >= 0.6 is 0 Å². The van der Waals surface area contributed by atoms with Gasteiger partial charge in [0.05, 0.1) is 15.3 Å². The van der Waals surface area contributed by atoms with Crippen molar-refractivity contribution in [2.45, 2.75) is 42.9 Å². The number of hydrogen-bond acceptors (Lipinski definition) is 8. The van der Waals surface area contributed by atoms with Gasteiger partial charge < -0.3 is 15.2 Å². The molecule has 2 heterocycles. The maximum Gasteiger partial charge on any atom is 0.435 e. The molecule has 1 aliphatic rings. The molecule has 1 amide bonds. The Morgan fingerprint density at radius 2 is 1.87 bits per heavy atom. The van der Waals surface area contributed by atoms with Gasteiger partial charge in [-0.1, -0.05) is 6.07 Å². The number of ether oxygens (including phenoxy) is 1. The van der Waals surface area contributed by atoms with E-state index in [1.54, 1.807) is 0 Å². The minimum absolute atomic E-state index is 0.0153. The van der Waals surface area contributed by atoms with Gasteiger partial charge in [0, 0.05) is 28.6 Å². The van der Waals surface area contributed by atoms with Crippen molar-refractivity contribution in [1.29, 1.82) is 4.78 Å². The van der Waals surface area contributed by atoms with E-state index in [9.17, 15) is 36.1 Å². The van der Waals surface area contributed by atoms with E-state index in [4.69, 9.17) is 9.52 Å². The fourth-order valence-corrected chi connectivity index (χ4v) is 4.52. The van der Waals surface area contributed by atoms with Crippen molar-refractivity contribution < 1.29 is 40.8 Å². The minimum atomic E-state index is -5.01. The molecule has 15 heteroatoms. The van der Waals surface area contributed by atoms with Gasteiger partial charge in [0.15, 0.2) is 11.5 Å². The maximum atomic E-state index is 14.8. The van der Waals surface area contributed by atoms with E-state index in [-0.39, 0.29) is 23.4 Å². The van der Waals surface area contributed by atoms with Crippen molar-refractivity contribution in [3.8, 4) is 11.8 Å². The smallest absolute Gasteiger partial charge is 0.415 e. The first-order valence-corrected chi connectivity index (χ1v) is 12.9. The number of halogens is 5. The predicted octanol–water partition coefficient (Wildman–Crippen LogP) is 4.93. The number of anilines is 1. The molecular formula is C23H20F5N5O4S. The Hall–Kier alpha value is -3.72. The van der Waals surface area contributed by atoms with Crippen molar-refractivity contribution >= 4 is 21.3 Å². The molecule has 1 saturated carbocycles. The Morgan fingerprint density at radius 1 is 1.18 bits per heavy atom. The number of nitrogens with one attached hydrogen (secondary N) is 2. The van der Waals surface area contributed by atoms with E-state index >= 15 is 0 Å². The van der Waals surface area contributed by atoms with Gasteiger partial charge in [0.1, 0.15) is 5.56 Å². The lowest BCUT2D eigenvalue weighted by atomic mass is 9.75. The SMILES string of the molecule is Cc1c(C(F)(F)F)nnc(Oc2ncc(C3(O)CCC3)c(F)c2F)c1C(=O)Nc1cccc(S(C)(=N)=O)c1. The quantitative estimate of drug-likeness (QED) is 0.366. The Bertz CT molecular complexity index is 1540. The number of hydrogen-bond donors (Lipinski definition) is 3. The molecule has 2 aromatic heterocycles. The third-order valence-corrected chi connectivity index (χ3v) is 7.18. The maximum absolute atomic E-state index is 14.8. The Labute approximate surface area is 213 Å². The average molecular weight is 558 g/mol. The summed E-state index contributed by atoms with van der Waals surface area (Å²) in [5.41, 5.74) is -5.06. The number of aromatic nitrogens is 3. The summed E-state index contributed by atoms with van der Waals surface area (Å²) in [6.07, 6.45) is -2.07. The van der Waals surface area contributed by atoms with Crippen LogP contribution in [0.15, 0.2) is 35.4 Å². The van der Waals surface area contributed by atoms with Crippen LogP contribution in [0.1, 0.15) is 46.4 Å². The van der Waals surface area contributed by atoms with Gasteiger partial charge >= 0.3 is 6.18 Å². The second kappa shape index (κ2) is 9.54. The molecule has 1 unspecified atom stereocenters. The lowest BCUT2D eigenvalue weighted by Crippen LogP contribution is -2.35. The van der Waals surface area contributed by atoms with Crippen LogP contribution in [0.25, 0.3) is 0 Å². The van der Waals surface area contributed by atoms with Crippen molar-refractivity contribution in [3.63, 3.8) is 0 Å². The standard InChI is InChI=1S/C23H20F5N5O4S/c1-11-15(19(34)31-12-5-3-6-13(9-12)38(2,29)36)20(33-32-18(11)23(26,27)28)37-21-17(25)16(24)14(10-30-21)22(35)7-4-8-22/h3,5-6,9-10,29,35H,4,7-8H2,1-2H3,(H,31,34).